The van der Waals surface area contributed by atoms with Crippen LogP contribution in [0.25, 0.3) is 11.1 Å². The van der Waals surface area contributed by atoms with Gasteiger partial charge in [-0.25, -0.2) is 0 Å². The van der Waals surface area contributed by atoms with Crippen molar-refractivity contribution in [2.24, 2.45) is 11.8 Å². The van der Waals surface area contributed by atoms with Gasteiger partial charge in [-0.2, -0.15) is 0 Å². The molecule has 2 fully saturated rings. The molecule has 1 heterocycles. The topological polar surface area (TPSA) is 41.6 Å². The second-order valence-electron chi connectivity index (χ2n) is 8.33. The Morgan fingerprint density at radius 1 is 1.00 bits per heavy atom. The molecule has 1 N–H and O–H groups in total. The molecule has 1 amide bonds. The first-order chi connectivity index (χ1) is 13.6. The minimum absolute atomic E-state index is 0.0406. The Morgan fingerprint density at radius 3 is 2.29 bits per heavy atom. The molecule has 0 aromatic heterocycles. The van der Waals surface area contributed by atoms with E-state index in [0.717, 1.165) is 32.5 Å². The molecule has 28 heavy (non-hydrogen) atoms. The minimum Gasteiger partial charge on any atom is -0.379 e. The Kier molecular flexibility index (Phi) is 5.79. The van der Waals surface area contributed by atoms with Crippen LogP contribution < -0.4 is 5.32 Å². The Morgan fingerprint density at radius 2 is 1.64 bits per heavy atom. The highest BCUT2D eigenvalue weighted by molar-refractivity contribution is 5.73. The molecule has 2 aromatic rings. The van der Waals surface area contributed by atoms with Crippen LogP contribution in [-0.4, -0.2) is 43.2 Å². The maximum absolute atomic E-state index is 11.5. The van der Waals surface area contributed by atoms with Gasteiger partial charge in [0.1, 0.15) is 0 Å². The van der Waals surface area contributed by atoms with E-state index in [-0.39, 0.29) is 18.1 Å². The third kappa shape index (κ3) is 4.29. The van der Waals surface area contributed by atoms with E-state index < -0.39 is 0 Å². The standard InChI is InChI=1S/C24H30N2O2/c1-17(27)25-23-12-21-15-26(16-22(21)13-24(23)28-2)14-18-8-10-20(11-9-18)19-6-4-3-5-7-19/h3-11,21-24H,12-16H2,1-2H3,(H,25,27)/t21-,22+,23-,24-/m1/s1. The number of hydrogen-bond donors (Lipinski definition) is 1. The highest BCUT2D eigenvalue weighted by Crippen LogP contribution is 2.38. The average molecular weight is 379 g/mol. The van der Waals surface area contributed by atoms with E-state index >= 15 is 0 Å². The predicted molar refractivity (Wildman–Crippen MR) is 112 cm³/mol. The lowest BCUT2D eigenvalue weighted by atomic mass is 9.77. The molecule has 1 aliphatic carbocycles. The number of amides is 1. The second kappa shape index (κ2) is 8.46. The number of carbonyl (C=O) groups excluding carboxylic acids is 1. The monoisotopic (exact) mass is 378 g/mol. The molecule has 4 atom stereocenters. The maximum Gasteiger partial charge on any atom is 0.217 e. The van der Waals surface area contributed by atoms with Crippen molar-refractivity contribution in [1.82, 2.24) is 10.2 Å². The third-order valence-corrected chi connectivity index (χ3v) is 6.35. The van der Waals surface area contributed by atoms with E-state index in [9.17, 15) is 4.79 Å². The largest absolute Gasteiger partial charge is 0.379 e. The number of fused-ring (bicyclic) bond motifs is 1. The maximum atomic E-state index is 11.5. The number of hydrogen-bond acceptors (Lipinski definition) is 3. The van der Waals surface area contributed by atoms with E-state index in [4.69, 9.17) is 4.74 Å². The summed E-state index contributed by atoms with van der Waals surface area (Å²) in [6.45, 7) is 4.82. The zero-order valence-electron chi connectivity index (χ0n) is 16.8. The Bertz CT molecular complexity index is 790. The van der Waals surface area contributed by atoms with E-state index in [0.29, 0.717) is 11.8 Å². The number of likely N-dealkylation sites (tertiary alicyclic amines) is 1. The number of nitrogens with zero attached hydrogens (tertiary/aromatic N) is 1. The summed E-state index contributed by atoms with van der Waals surface area (Å²) in [7, 11) is 1.76. The van der Waals surface area contributed by atoms with Crippen LogP contribution in [0, 0.1) is 11.8 Å². The van der Waals surface area contributed by atoms with Gasteiger partial charge >= 0.3 is 0 Å². The highest BCUT2D eigenvalue weighted by atomic mass is 16.5. The Balaban J connectivity index is 1.37. The molecule has 0 radical (unpaired) electrons. The molecule has 1 aliphatic heterocycles. The van der Waals surface area contributed by atoms with Crippen molar-refractivity contribution < 1.29 is 9.53 Å². The van der Waals surface area contributed by atoms with Crippen molar-refractivity contribution in [1.29, 1.82) is 0 Å². The van der Waals surface area contributed by atoms with Gasteiger partial charge in [0, 0.05) is 33.7 Å². The van der Waals surface area contributed by atoms with Crippen LogP contribution >= 0.6 is 0 Å². The Labute approximate surface area is 167 Å². The van der Waals surface area contributed by atoms with E-state index in [1.165, 1.54) is 16.7 Å². The van der Waals surface area contributed by atoms with Gasteiger partial charge in [0.05, 0.1) is 12.1 Å². The van der Waals surface area contributed by atoms with Crippen LogP contribution in [0.4, 0.5) is 0 Å². The molecule has 2 aliphatic rings. The number of nitrogens with one attached hydrogen (secondary N) is 1. The van der Waals surface area contributed by atoms with Crippen LogP contribution in [0.1, 0.15) is 25.3 Å². The van der Waals surface area contributed by atoms with Crippen LogP contribution in [0.5, 0.6) is 0 Å². The summed E-state index contributed by atoms with van der Waals surface area (Å²) in [5.74, 6) is 1.35. The average Bonchev–Trinajstić information content (AvgIpc) is 3.09. The first-order valence-electron chi connectivity index (χ1n) is 10.3. The summed E-state index contributed by atoms with van der Waals surface area (Å²) in [4.78, 5) is 14.1. The minimum atomic E-state index is 0.0406. The van der Waals surface area contributed by atoms with Crippen molar-refractivity contribution in [2.45, 2.75) is 38.5 Å². The zero-order chi connectivity index (χ0) is 19.5. The van der Waals surface area contributed by atoms with Crippen molar-refractivity contribution in [3.63, 3.8) is 0 Å². The molecule has 0 bridgehead atoms. The molecule has 0 spiro atoms. The predicted octanol–water partition coefficient (Wildman–Crippen LogP) is 3.72. The molecule has 4 nitrogen and oxygen atoms in total. The number of carbonyl (C=O) groups is 1. The number of methoxy groups -OCH3 is 1. The van der Waals surface area contributed by atoms with E-state index in [1.807, 2.05) is 0 Å². The lowest BCUT2D eigenvalue weighted by Crippen LogP contribution is -2.49. The quantitative estimate of drug-likeness (QED) is 0.862. The first-order valence-corrected chi connectivity index (χ1v) is 10.3. The van der Waals surface area contributed by atoms with Crippen LogP contribution in [0.3, 0.4) is 0 Å². The molecule has 148 valence electrons. The lowest BCUT2D eigenvalue weighted by molar-refractivity contribution is -0.121. The number of rotatable bonds is 5. The first kappa shape index (κ1) is 19.2. The van der Waals surface area contributed by atoms with Crippen LogP contribution in [0.15, 0.2) is 54.6 Å². The van der Waals surface area contributed by atoms with Crippen molar-refractivity contribution in [3.8, 4) is 11.1 Å². The fourth-order valence-corrected chi connectivity index (χ4v) is 5.00. The van der Waals surface area contributed by atoms with Gasteiger partial charge in [-0.1, -0.05) is 54.6 Å². The molecule has 4 rings (SSSR count). The summed E-state index contributed by atoms with van der Waals surface area (Å²) in [6, 6.07) is 19.6. The molecule has 4 heteroatoms. The zero-order valence-corrected chi connectivity index (χ0v) is 16.8. The smallest absolute Gasteiger partial charge is 0.217 e. The van der Waals surface area contributed by atoms with E-state index in [1.54, 1.807) is 14.0 Å². The van der Waals surface area contributed by atoms with Gasteiger partial charge in [-0.3, -0.25) is 9.69 Å². The van der Waals surface area contributed by atoms with Gasteiger partial charge in [0.15, 0.2) is 0 Å². The van der Waals surface area contributed by atoms with Gasteiger partial charge in [-0.05, 0) is 41.4 Å². The molecule has 1 saturated carbocycles. The third-order valence-electron chi connectivity index (χ3n) is 6.35. The summed E-state index contributed by atoms with van der Waals surface area (Å²) < 4.78 is 5.69. The SMILES string of the molecule is CO[C@@H]1C[C@H]2CN(Cc3ccc(-c4ccccc4)cc3)C[C@H]2C[C@H]1NC(C)=O. The van der Waals surface area contributed by atoms with Gasteiger partial charge in [0.2, 0.25) is 5.91 Å². The van der Waals surface area contributed by atoms with E-state index in [2.05, 4.69) is 64.8 Å². The van der Waals surface area contributed by atoms with Crippen LogP contribution in [-0.2, 0) is 16.1 Å². The van der Waals surface area contributed by atoms with Gasteiger partial charge in [-0.15, -0.1) is 0 Å². The molecular weight excluding hydrogens is 348 g/mol. The van der Waals surface area contributed by atoms with Gasteiger partial charge < -0.3 is 10.1 Å². The van der Waals surface area contributed by atoms with Crippen LogP contribution in [0.2, 0.25) is 0 Å². The Hall–Kier alpha value is -2.17. The second-order valence-corrected chi connectivity index (χ2v) is 8.33. The normalized spacial score (nSPS) is 27.4. The van der Waals surface area contributed by atoms with Crippen molar-refractivity contribution in [3.05, 3.63) is 60.2 Å². The fraction of sp³-hybridized carbons (Fsp3) is 0.458. The van der Waals surface area contributed by atoms with Crippen molar-refractivity contribution in [2.75, 3.05) is 20.2 Å². The highest BCUT2D eigenvalue weighted by Gasteiger charge is 2.42. The molecule has 2 aromatic carbocycles. The fourth-order valence-electron chi connectivity index (χ4n) is 5.00. The molecule has 1 saturated heterocycles. The summed E-state index contributed by atoms with van der Waals surface area (Å²) in [5, 5.41) is 3.10. The summed E-state index contributed by atoms with van der Waals surface area (Å²) in [5.41, 5.74) is 3.89. The van der Waals surface area contributed by atoms with Gasteiger partial charge in [0.25, 0.3) is 0 Å². The number of ether oxygens (including phenoxy) is 1. The summed E-state index contributed by atoms with van der Waals surface area (Å²) in [6.07, 6.45) is 2.19. The molecule has 0 unspecified atom stereocenters. The van der Waals surface area contributed by atoms with Crippen molar-refractivity contribution >= 4 is 5.91 Å². The molecular formula is C24H30N2O2. The number of benzene rings is 2. The lowest BCUT2D eigenvalue weighted by Gasteiger charge is -2.37. The summed E-state index contributed by atoms with van der Waals surface area (Å²) >= 11 is 0.